The van der Waals surface area contributed by atoms with Crippen molar-refractivity contribution < 1.29 is 4.79 Å². The molecule has 3 heterocycles. The third kappa shape index (κ3) is 4.13. The number of halogens is 1. The molecule has 0 radical (unpaired) electrons. The Hall–Kier alpha value is -2.58. The molecule has 4 rings (SSSR count). The van der Waals surface area contributed by atoms with E-state index in [1.54, 1.807) is 18.5 Å². The quantitative estimate of drug-likeness (QED) is 0.672. The summed E-state index contributed by atoms with van der Waals surface area (Å²) < 4.78 is 2.37. The van der Waals surface area contributed by atoms with Crippen molar-refractivity contribution in [3.8, 4) is 0 Å². The number of rotatable bonds is 4. The number of benzene rings is 1. The Bertz CT molecular complexity index is 1040. The van der Waals surface area contributed by atoms with Crippen LogP contribution in [0.3, 0.4) is 0 Å². The van der Waals surface area contributed by atoms with Gasteiger partial charge in [-0.3, -0.25) is 14.5 Å². The normalized spacial score (nSPS) is 15.6. The molecular formula is C20H20BrN5O2. The maximum absolute atomic E-state index is 12.6. The summed E-state index contributed by atoms with van der Waals surface area (Å²) in [6.45, 7) is 1.92. The van der Waals surface area contributed by atoms with E-state index in [0.29, 0.717) is 17.9 Å². The predicted octanol–water partition coefficient (Wildman–Crippen LogP) is 2.86. The molecule has 28 heavy (non-hydrogen) atoms. The van der Waals surface area contributed by atoms with Crippen molar-refractivity contribution in [2.24, 2.45) is 5.92 Å². The minimum absolute atomic E-state index is 0.00419. The van der Waals surface area contributed by atoms with Crippen molar-refractivity contribution in [3.63, 3.8) is 0 Å². The van der Waals surface area contributed by atoms with Crippen molar-refractivity contribution in [1.29, 1.82) is 0 Å². The standard InChI is InChI=1S/C20H20BrN5O2/c21-16-5-6-18(22-12-16)24-19(27)14-7-9-25(10-8-14)13-26-20(28)17-4-2-1-3-15(17)11-23-26/h1-6,11-12,14H,7-10,13H2,(H,22,24,27). The van der Waals surface area contributed by atoms with Gasteiger partial charge in [0.05, 0.1) is 18.3 Å². The minimum atomic E-state index is -0.0840. The second kappa shape index (κ2) is 8.20. The van der Waals surface area contributed by atoms with Gasteiger partial charge in [0.25, 0.3) is 5.56 Å². The summed E-state index contributed by atoms with van der Waals surface area (Å²) in [5.74, 6) is 0.501. The molecule has 0 aliphatic carbocycles. The second-order valence-electron chi connectivity index (χ2n) is 6.92. The molecule has 0 unspecified atom stereocenters. The van der Waals surface area contributed by atoms with Crippen LogP contribution >= 0.6 is 15.9 Å². The van der Waals surface area contributed by atoms with Gasteiger partial charge in [-0.25, -0.2) is 9.67 Å². The highest BCUT2D eigenvalue weighted by Crippen LogP contribution is 2.20. The predicted molar refractivity (Wildman–Crippen MR) is 111 cm³/mol. The lowest BCUT2D eigenvalue weighted by Gasteiger charge is -2.31. The first-order chi connectivity index (χ1) is 13.6. The number of likely N-dealkylation sites (tertiary alicyclic amines) is 1. The lowest BCUT2D eigenvalue weighted by Crippen LogP contribution is -2.41. The molecule has 1 saturated heterocycles. The molecule has 144 valence electrons. The average molecular weight is 442 g/mol. The monoisotopic (exact) mass is 441 g/mol. The number of fused-ring (bicyclic) bond motifs is 1. The van der Waals surface area contributed by atoms with Crippen LogP contribution in [-0.2, 0) is 11.5 Å². The maximum atomic E-state index is 12.6. The van der Waals surface area contributed by atoms with E-state index in [0.717, 1.165) is 35.8 Å². The van der Waals surface area contributed by atoms with Crippen LogP contribution in [0, 0.1) is 5.92 Å². The first-order valence-corrected chi connectivity index (χ1v) is 9.99. The fraction of sp³-hybridized carbons (Fsp3) is 0.300. The number of aromatic nitrogens is 3. The summed E-state index contributed by atoms with van der Waals surface area (Å²) in [7, 11) is 0. The number of nitrogens with one attached hydrogen (secondary N) is 1. The third-order valence-electron chi connectivity index (χ3n) is 5.03. The van der Waals surface area contributed by atoms with Gasteiger partial charge in [0, 0.05) is 35.1 Å². The molecule has 1 fully saturated rings. The number of pyridine rings is 1. The first-order valence-electron chi connectivity index (χ1n) is 9.20. The van der Waals surface area contributed by atoms with Crippen LogP contribution in [0.2, 0.25) is 0 Å². The first kappa shape index (κ1) is 18.8. The van der Waals surface area contributed by atoms with Gasteiger partial charge in [0.15, 0.2) is 0 Å². The second-order valence-corrected chi connectivity index (χ2v) is 7.84. The topological polar surface area (TPSA) is 80.1 Å². The molecule has 0 atom stereocenters. The zero-order valence-corrected chi connectivity index (χ0v) is 16.8. The number of piperidine rings is 1. The van der Waals surface area contributed by atoms with E-state index in [1.165, 1.54) is 4.68 Å². The Kier molecular flexibility index (Phi) is 5.50. The van der Waals surface area contributed by atoms with Crippen LogP contribution in [0.1, 0.15) is 12.8 Å². The summed E-state index contributed by atoms with van der Waals surface area (Å²) in [4.78, 5) is 31.4. The number of hydrogen-bond donors (Lipinski definition) is 1. The molecule has 3 aromatic rings. The number of carbonyl (C=O) groups excluding carboxylic acids is 1. The van der Waals surface area contributed by atoms with E-state index in [9.17, 15) is 9.59 Å². The van der Waals surface area contributed by atoms with Crippen molar-refractivity contribution in [1.82, 2.24) is 19.7 Å². The summed E-state index contributed by atoms with van der Waals surface area (Å²) in [6, 6.07) is 11.1. The number of nitrogens with zero attached hydrogens (tertiary/aromatic N) is 4. The van der Waals surface area contributed by atoms with E-state index in [1.807, 2.05) is 30.3 Å². The van der Waals surface area contributed by atoms with E-state index in [-0.39, 0.29) is 17.4 Å². The van der Waals surface area contributed by atoms with Gasteiger partial charge in [-0.05, 0) is 47.0 Å². The molecule has 2 aromatic heterocycles. The van der Waals surface area contributed by atoms with Crippen LogP contribution in [0.15, 0.2) is 58.1 Å². The number of carbonyl (C=O) groups is 1. The molecule has 1 aliphatic rings. The fourth-order valence-electron chi connectivity index (χ4n) is 3.43. The van der Waals surface area contributed by atoms with E-state index >= 15 is 0 Å². The molecule has 0 bridgehead atoms. The highest BCUT2D eigenvalue weighted by atomic mass is 79.9. The molecule has 1 N–H and O–H groups in total. The molecule has 0 saturated carbocycles. The van der Waals surface area contributed by atoms with Gasteiger partial charge in [-0.15, -0.1) is 0 Å². The summed E-state index contributed by atoms with van der Waals surface area (Å²) >= 11 is 3.33. The van der Waals surface area contributed by atoms with Crippen molar-refractivity contribution in [2.45, 2.75) is 19.5 Å². The Morgan fingerprint density at radius 1 is 1.14 bits per heavy atom. The molecule has 0 spiro atoms. The fourth-order valence-corrected chi connectivity index (χ4v) is 3.67. The molecule has 7 nitrogen and oxygen atoms in total. The average Bonchev–Trinajstić information content (AvgIpc) is 2.72. The lowest BCUT2D eigenvalue weighted by atomic mass is 9.96. The van der Waals surface area contributed by atoms with Crippen molar-refractivity contribution >= 4 is 38.4 Å². The van der Waals surface area contributed by atoms with E-state index < -0.39 is 0 Å². The van der Waals surface area contributed by atoms with Crippen molar-refractivity contribution in [2.75, 3.05) is 18.4 Å². The molecule has 1 amide bonds. The van der Waals surface area contributed by atoms with E-state index in [4.69, 9.17) is 0 Å². The van der Waals surface area contributed by atoms with Crippen LogP contribution < -0.4 is 10.9 Å². The number of amides is 1. The minimum Gasteiger partial charge on any atom is -0.310 e. The summed E-state index contributed by atoms with van der Waals surface area (Å²) in [6.07, 6.45) is 4.87. The number of hydrogen-bond acceptors (Lipinski definition) is 5. The zero-order valence-electron chi connectivity index (χ0n) is 15.2. The van der Waals surface area contributed by atoms with Gasteiger partial charge in [0.1, 0.15) is 5.82 Å². The van der Waals surface area contributed by atoms with Crippen LogP contribution in [0.5, 0.6) is 0 Å². The van der Waals surface area contributed by atoms with Gasteiger partial charge in [-0.1, -0.05) is 18.2 Å². The number of anilines is 1. The molecule has 1 aromatic carbocycles. The van der Waals surface area contributed by atoms with Crippen LogP contribution in [-0.4, -0.2) is 38.7 Å². The van der Waals surface area contributed by atoms with Crippen LogP contribution in [0.4, 0.5) is 5.82 Å². The highest BCUT2D eigenvalue weighted by Gasteiger charge is 2.25. The van der Waals surface area contributed by atoms with Gasteiger partial charge >= 0.3 is 0 Å². The summed E-state index contributed by atoms with van der Waals surface area (Å²) in [5.41, 5.74) is -0.0840. The van der Waals surface area contributed by atoms with E-state index in [2.05, 4.69) is 36.2 Å². The Morgan fingerprint density at radius 2 is 1.93 bits per heavy atom. The Morgan fingerprint density at radius 3 is 2.68 bits per heavy atom. The zero-order chi connectivity index (χ0) is 19.5. The van der Waals surface area contributed by atoms with Crippen molar-refractivity contribution in [3.05, 3.63) is 63.6 Å². The third-order valence-corrected chi connectivity index (χ3v) is 5.50. The Balaban J connectivity index is 1.35. The van der Waals surface area contributed by atoms with Crippen LogP contribution in [0.25, 0.3) is 10.8 Å². The largest absolute Gasteiger partial charge is 0.310 e. The maximum Gasteiger partial charge on any atom is 0.275 e. The Labute approximate surface area is 170 Å². The lowest BCUT2D eigenvalue weighted by molar-refractivity contribution is -0.121. The van der Waals surface area contributed by atoms with Gasteiger partial charge < -0.3 is 5.32 Å². The molecule has 8 heteroatoms. The van der Waals surface area contributed by atoms with Gasteiger partial charge in [0.2, 0.25) is 5.91 Å². The SMILES string of the molecule is O=C(Nc1ccc(Br)cn1)C1CCN(Cn2ncc3ccccc3c2=O)CC1. The van der Waals surface area contributed by atoms with Gasteiger partial charge in [-0.2, -0.15) is 5.10 Å². The summed E-state index contributed by atoms with van der Waals surface area (Å²) in [5, 5.41) is 8.69. The molecule has 1 aliphatic heterocycles. The smallest absolute Gasteiger partial charge is 0.275 e. The highest BCUT2D eigenvalue weighted by molar-refractivity contribution is 9.10. The molecular weight excluding hydrogens is 422 g/mol.